The molecule has 1 aromatic carbocycles. The van der Waals surface area contributed by atoms with E-state index in [0.717, 1.165) is 11.3 Å². The number of methoxy groups -OCH3 is 1. The first-order valence-electron chi connectivity index (χ1n) is 9.77. The number of hydrogen-bond donors (Lipinski definition) is 1. The molecule has 154 valence electrons. The van der Waals surface area contributed by atoms with Crippen molar-refractivity contribution in [3.8, 4) is 17.0 Å². The summed E-state index contributed by atoms with van der Waals surface area (Å²) in [4.78, 5) is 37.5. The van der Waals surface area contributed by atoms with E-state index in [1.165, 1.54) is 10.7 Å². The normalized spacial score (nSPS) is 14.6. The van der Waals surface area contributed by atoms with E-state index in [-0.39, 0.29) is 23.3 Å². The predicted octanol–water partition coefficient (Wildman–Crippen LogP) is 1.42. The van der Waals surface area contributed by atoms with Crippen LogP contribution in [0.2, 0.25) is 0 Å². The minimum Gasteiger partial charge on any atom is -0.497 e. The maximum Gasteiger partial charge on any atom is 0.266 e. The van der Waals surface area contributed by atoms with Gasteiger partial charge in [0.05, 0.1) is 12.8 Å². The minimum atomic E-state index is -0.292. The van der Waals surface area contributed by atoms with Crippen molar-refractivity contribution in [3.63, 3.8) is 0 Å². The zero-order valence-corrected chi connectivity index (χ0v) is 16.5. The van der Waals surface area contributed by atoms with Crippen molar-refractivity contribution in [2.24, 2.45) is 11.7 Å². The van der Waals surface area contributed by atoms with Crippen molar-refractivity contribution in [2.75, 3.05) is 20.2 Å². The second-order valence-electron chi connectivity index (χ2n) is 7.17. The zero-order chi connectivity index (χ0) is 20.8. The number of aryl methyl sites for hydroxylation is 1. The zero-order valence-electron chi connectivity index (χ0n) is 16.5. The fourth-order valence-corrected chi connectivity index (χ4v) is 3.48. The Bertz CT molecular complexity index is 915. The van der Waals surface area contributed by atoms with Gasteiger partial charge in [-0.15, -0.1) is 0 Å². The number of piperidine rings is 1. The summed E-state index contributed by atoms with van der Waals surface area (Å²) in [7, 11) is 1.61. The van der Waals surface area contributed by atoms with Crippen molar-refractivity contribution in [1.82, 2.24) is 14.7 Å². The maximum atomic E-state index is 12.4. The summed E-state index contributed by atoms with van der Waals surface area (Å²) < 4.78 is 6.55. The van der Waals surface area contributed by atoms with Gasteiger partial charge in [0.25, 0.3) is 5.56 Å². The van der Waals surface area contributed by atoms with Gasteiger partial charge in [0.15, 0.2) is 0 Å². The van der Waals surface area contributed by atoms with Gasteiger partial charge in [-0.1, -0.05) is 0 Å². The third kappa shape index (κ3) is 5.22. The third-order valence-electron chi connectivity index (χ3n) is 5.26. The summed E-state index contributed by atoms with van der Waals surface area (Å²) in [5.41, 5.74) is 6.70. The molecule has 29 heavy (non-hydrogen) atoms. The molecule has 0 spiro atoms. The number of ether oxygens (including phenoxy) is 1. The number of aromatic nitrogens is 2. The summed E-state index contributed by atoms with van der Waals surface area (Å²) in [6, 6.07) is 10.6. The molecule has 0 unspecified atom stereocenters. The molecule has 1 saturated heterocycles. The van der Waals surface area contributed by atoms with E-state index in [1.807, 2.05) is 24.3 Å². The van der Waals surface area contributed by atoms with Crippen LogP contribution in [0.1, 0.15) is 25.7 Å². The van der Waals surface area contributed by atoms with E-state index in [0.29, 0.717) is 51.0 Å². The second kappa shape index (κ2) is 9.36. The Balaban J connectivity index is 1.56. The van der Waals surface area contributed by atoms with E-state index >= 15 is 0 Å². The molecule has 8 heteroatoms. The van der Waals surface area contributed by atoms with E-state index in [2.05, 4.69) is 5.10 Å². The average molecular weight is 398 g/mol. The van der Waals surface area contributed by atoms with Crippen LogP contribution in [0.15, 0.2) is 41.2 Å². The molecule has 0 saturated carbocycles. The smallest absolute Gasteiger partial charge is 0.266 e. The molecule has 2 heterocycles. The highest BCUT2D eigenvalue weighted by Crippen LogP contribution is 2.20. The van der Waals surface area contributed by atoms with Crippen molar-refractivity contribution < 1.29 is 14.3 Å². The van der Waals surface area contributed by atoms with Gasteiger partial charge in [0, 0.05) is 43.6 Å². The molecule has 2 amide bonds. The summed E-state index contributed by atoms with van der Waals surface area (Å²) >= 11 is 0. The molecule has 1 fully saturated rings. The minimum absolute atomic E-state index is 0.0345. The lowest BCUT2D eigenvalue weighted by Gasteiger charge is -2.30. The lowest BCUT2D eigenvalue weighted by molar-refractivity contribution is -0.135. The lowest BCUT2D eigenvalue weighted by atomic mass is 9.96. The monoisotopic (exact) mass is 398 g/mol. The van der Waals surface area contributed by atoms with Crippen LogP contribution in [0.25, 0.3) is 11.3 Å². The number of carbonyl (C=O) groups excluding carboxylic acids is 2. The van der Waals surface area contributed by atoms with Crippen LogP contribution in [-0.4, -0.2) is 46.7 Å². The van der Waals surface area contributed by atoms with Crippen LogP contribution in [-0.2, 0) is 16.1 Å². The summed E-state index contributed by atoms with van der Waals surface area (Å²) in [6.07, 6.45) is 2.09. The van der Waals surface area contributed by atoms with Crippen molar-refractivity contribution in [1.29, 1.82) is 0 Å². The Morgan fingerprint density at radius 2 is 1.83 bits per heavy atom. The molecule has 8 nitrogen and oxygen atoms in total. The van der Waals surface area contributed by atoms with Crippen LogP contribution in [0.5, 0.6) is 5.75 Å². The molecule has 1 aliphatic rings. The lowest BCUT2D eigenvalue weighted by Crippen LogP contribution is -2.41. The van der Waals surface area contributed by atoms with Gasteiger partial charge in [0.2, 0.25) is 11.8 Å². The second-order valence-corrected chi connectivity index (χ2v) is 7.17. The van der Waals surface area contributed by atoms with E-state index in [4.69, 9.17) is 10.5 Å². The van der Waals surface area contributed by atoms with Crippen molar-refractivity contribution in [2.45, 2.75) is 32.2 Å². The molecule has 2 N–H and O–H groups in total. The predicted molar refractivity (Wildman–Crippen MR) is 108 cm³/mol. The molecule has 1 aromatic heterocycles. The largest absolute Gasteiger partial charge is 0.497 e. The molecule has 0 aliphatic carbocycles. The number of hydrogen-bond acceptors (Lipinski definition) is 5. The van der Waals surface area contributed by atoms with Gasteiger partial charge in [-0.3, -0.25) is 14.4 Å². The summed E-state index contributed by atoms with van der Waals surface area (Å²) in [6.45, 7) is 1.47. The number of benzene rings is 1. The van der Waals surface area contributed by atoms with Gasteiger partial charge in [-0.2, -0.15) is 5.10 Å². The molecule has 0 radical (unpaired) electrons. The van der Waals surface area contributed by atoms with Gasteiger partial charge in [0.1, 0.15) is 5.75 Å². The van der Waals surface area contributed by atoms with Crippen LogP contribution < -0.4 is 16.0 Å². The average Bonchev–Trinajstić information content (AvgIpc) is 2.75. The number of nitrogens with zero attached hydrogens (tertiary/aromatic N) is 3. The first-order chi connectivity index (χ1) is 14.0. The van der Waals surface area contributed by atoms with E-state index in [1.54, 1.807) is 18.1 Å². The molecule has 0 bridgehead atoms. The number of likely N-dealkylation sites (tertiary alicyclic amines) is 1. The van der Waals surface area contributed by atoms with E-state index < -0.39 is 0 Å². The highest BCUT2D eigenvalue weighted by atomic mass is 16.5. The SMILES string of the molecule is COc1ccc(-c2ccc(=O)n(CCCC(=O)N3CCC(C(N)=O)CC3)n2)cc1. The number of primary amides is 1. The van der Waals surface area contributed by atoms with Crippen molar-refractivity contribution >= 4 is 11.8 Å². The first-order valence-corrected chi connectivity index (χ1v) is 9.77. The standard InChI is InChI=1S/C21H26N4O4/c1-29-17-6-4-15(5-7-17)18-8-9-20(27)25(23-18)12-2-3-19(26)24-13-10-16(11-14-24)21(22)28/h4-9,16H,2-3,10-14H2,1H3,(H2,22,28). The summed E-state index contributed by atoms with van der Waals surface area (Å²) in [5, 5.41) is 4.42. The fraction of sp³-hybridized carbons (Fsp3) is 0.429. The number of carbonyl (C=O) groups is 2. The van der Waals surface area contributed by atoms with Crippen LogP contribution in [0, 0.1) is 5.92 Å². The third-order valence-corrected chi connectivity index (χ3v) is 5.26. The van der Waals surface area contributed by atoms with Crippen LogP contribution in [0.4, 0.5) is 0 Å². The van der Waals surface area contributed by atoms with Gasteiger partial charge < -0.3 is 15.4 Å². The van der Waals surface area contributed by atoms with Gasteiger partial charge in [-0.25, -0.2) is 4.68 Å². The Labute approximate surface area is 169 Å². The molecular weight excluding hydrogens is 372 g/mol. The Morgan fingerprint density at radius 1 is 1.14 bits per heavy atom. The highest BCUT2D eigenvalue weighted by molar-refractivity contribution is 5.78. The summed E-state index contributed by atoms with van der Waals surface area (Å²) in [5.74, 6) is 0.356. The first kappa shape index (κ1) is 20.6. The Kier molecular flexibility index (Phi) is 6.64. The quantitative estimate of drug-likeness (QED) is 0.759. The molecule has 3 rings (SSSR count). The highest BCUT2D eigenvalue weighted by Gasteiger charge is 2.25. The van der Waals surface area contributed by atoms with E-state index in [9.17, 15) is 14.4 Å². The molecule has 0 atom stereocenters. The number of amides is 2. The van der Waals surface area contributed by atoms with Crippen LogP contribution >= 0.6 is 0 Å². The Morgan fingerprint density at radius 3 is 2.45 bits per heavy atom. The number of nitrogens with two attached hydrogens (primary N) is 1. The molecule has 1 aliphatic heterocycles. The van der Waals surface area contributed by atoms with Crippen molar-refractivity contribution in [3.05, 3.63) is 46.8 Å². The number of rotatable bonds is 7. The maximum absolute atomic E-state index is 12.4. The fourth-order valence-electron chi connectivity index (χ4n) is 3.48. The molecule has 2 aromatic rings. The van der Waals surface area contributed by atoms with Crippen LogP contribution in [0.3, 0.4) is 0 Å². The van der Waals surface area contributed by atoms with Gasteiger partial charge >= 0.3 is 0 Å². The molecular formula is C21H26N4O4. The Hall–Kier alpha value is -3.16. The topological polar surface area (TPSA) is 108 Å². The van der Waals surface area contributed by atoms with Gasteiger partial charge in [-0.05, 0) is 49.6 Å².